The van der Waals surface area contributed by atoms with Gasteiger partial charge in [0.2, 0.25) is 0 Å². The zero-order valence-corrected chi connectivity index (χ0v) is 15.1. The highest BCUT2D eigenvalue weighted by Gasteiger charge is 2.12. The quantitative estimate of drug-likeness (QED) is 0.579. The van der Waals surface area contributed by atoms with E-state index in [0.29, 0.717) is 17.9 Å². The van der Waals surface area contributed by atoms with E-state index in [-0.39, 0.29) is 11.8 Å². The molecule has 0 bridgehead atoms. The molecule has 0 unspecified atom stereocenters. The highest BCUT2D eigenvalue weighted by Crippen LogP contribution is 2.28. The Kier molecular flexibility index (Phi) is 5.75. The van der Waals surface area contributed by atoms with E-state index in [1.54, 1.807) is 12.1 Å². The number of methoxy groups -OCH3 is 1. The minimum Gasteiger partial charge on any atom is -0.504 e. The zero-order valence-electron chi connectivity index (χ0n) is 15.1. The largest absolute Gasteiger partial charge is 0.504 e. The minimum absolute atomic E-state index is 0.0670. The Morgan fingerprint density at radius 2 is 2.04 bits per heavy atom. The smallest absolute Gasteiger partial charge is 0.160 e. The summed E-state index contributed by atoms with van der Waals surface area (Å²) in [6.45, 7) is 3.39. The third-order valence-electron chi connectivity index (χ3n) is 4.58. The minimum atomic E-state index is -0.666. The maximum absolute atomic E-state index is 10.4. The number of benzene rings is 2. The molecule has 3 N–H and O–H groups in total. The predicted molar refractivity (Wildman–Crippen MR) is 101 cm³/mol. The topological polar surface area (TPSA) is 79.5 Å². The molecule has 0 spiro atoms. The number of phenols is 1. The van der Waals surface area contributed by atoms with Gasteiger partial charge in [-0.25, -0.2) is 4.98 Å². The van der Waals surface area contributed by atoms with Crippen LogP contribution >= 0.6 is 0 Å². The molecule has 0 fully saturated rings. The Labute approximate surface area is 153 Å². The van der Waals surface area contributed by atoms with Gasteiger partial charge in [0.1, 0.15) is 0 Å². The van der Waals surface area contributed by atoms with Gasteiger partial charge in [0.15, 0.2) is 11.5 Å². The van der Waals surface area contributed by atoms with Crippen molar-refractivity contribution in [3.63, 3.8) is 0 Å². The number of rotatable bonds is 8. The highest BCUT2D eigenvalue weighted by molar-refractivity contribution is 5.74. The van der Waals surface area contributed by atoms with Gasteiger partial charge >= 0.3 is 0 Å². The van der Waals surface area contributed by atoms with Crippen LogP contribution in [0.5, 0.6) is 11.5 Å². The number of aromatic hydroxyl groups is 1. The van der Waals surface area contributed by atoms with Crippen LogP contribution in [-0.4, -0.2) is 39.5 Å². The number of aliphatic hydroxyl groups excluding tert-OH is 1. The normalized spacial score (nSPS) is 13.7. The summed E-state index contributed by atoms with van der Waals surface area (Å²) in [4.78, 5) is 4.40. The summed E-state index contributed by atoms with van der Waals surface area (Å²) in [5.74, 6) is 0.430. The molecular formula is C20H25N3O3. The van der Waals surface area contributed by atoms with E-state index in [0.717, 1.165) is 24.0 Å². The van der Waals surface area contributed by atoms with E-state index in [1.807, 2.05) is 24.5 Å². The number of aryl methyl sites for hydroxylation is 1. The molecule has 0 aliphatic carbocycles. The number of nitrogens with one attached hydrogen (secondary N) is 1. The first-order chi connectivity index (χ1) is 12.6. The van der Waals surface area contributed by atoms with Gasteiger partial charge in [0.05, 0.1) is 30.6 Å². The molecule has 26 heavy (non-hydrogen) atoms. The van der Waals surface area contributed by atoms with Crippen LogP contribution in [0.15, 0.2) is 48.8 Å². The molecule has 0 aliphatic rings. The molecule has 2 aromatic carbocycles. The van der Waals surface area contributed by atoms with Crippen LogP contribution in [-0.2, 0) is 6.54 Å². The van der Waals surface area contributed by atoms with E-state index in [4.69, 9.17) is 4.74 Å². The van der Waals surface area contributed by atoms with Crippen LogP contribution in [0.1, 0.15) is 25.0 Å². The fourth-order valence-corrected chi connectivity index (χ4v) is 2.96. The van der Waals surface area contributed by atoms with Gasteiger partial charge < -0.3 is 24.8 Å². The molecule has 2 atom stereocenters. The van der Waals surface area contributed by atoms with Gasteiger partial charge in [-0.3, -0.25) is 0 Å². The lowest BCUT2D eigenvalue weighted by molar-refractivity contribution is 0.169. The van der Waals surface area contributed by atoms with Crippen molar-refractivity contribution in [2.45, 2.75) is 32.0 Å². The lowest BCUT2D eigenvalue weighted by Crippen LogP contribution is -2.31. The van der Waals surface area contributed by atoms with Crippen molar-refractivity contribution in [2.24, 2.45) is 0 Å². The molecule has 1 aromatic heterocycles. The average molecular weight is 355 g/mol. The van der Waals surface area contributed by atoms with Crippen molar-refractivity contribution in [3.8, 4) is 11.5 Å². The molecule has 138 valence electrons. The summed E-state index contributed by atoms with van der Waals surface area (Å²) in [5, 5.41) is 23.4. The summed E-state index contributed by atoms with van der Waals surface area (Å²) >= 11 is 0. The van der Waals surface area contributed by atoms with Gasteiger partial charge in [-0.1, -0.05) is 18.2 Å². The number of hydrogen-bond donors (Lipinski definition) is 3. The van der Waals surface area contributed by atoms with Crippen molar-refractivity contribution in [2.75, 3.05) is 13.7 Å². The van der Waals surface area contributed by atoms with Crippen molar-refractivity contribution >= 4 is 11.0 Å². The van der Waals surface area contributed by atoms with Crippen molar-refractivity contribution in [1.82, 2.24) is 14.9 Å². The van der Waals surface area contributed by atoms with Crippen LogP contribution in [0, 0.1) is 0 Å². The second kappa shape index (κ2) is 8.21. The second-order valence-electron chi connectivity index (χ2n) is 6.47. The Bertz CT molecular complexity index is 862. The first kappa shape index (κ1) is 18.2. The molecule has 3 rings (SSSR count). The number of aliphatic hydroxyl groups is 1. The van der Waals surface area contributed by atoms with Crippen LogP contribution in [0.2, 0.25) is 0 Å². The van der Waals surface area contributed by atoms with Gasteiger partial charge in [-0.05, 0) is 43.2 Å². The van der Waals surface area contributed by atoms with Gasteiger partial charge in [-0.15, -0.1) is 0 Å². The van der Waals surface area contributed by atoms with E-state index >= 15 is 0 Å². The van der Waals surface area contributed by atoms with Gasteiger partial charge in [-0.2, -0.15) is 0 Å². The first-order valence-electron chi connectivity index (χ1n) is 8.76. The third kappa shape index (κ3) is 4.15. The lowest BCUT2D eigenvalue weighted by atomic mass is 10.1. The lowest BCUT2D eigenvalue weighted by Gasteiger charge is -2.18. The van der Waals surface area contributed by atoms with Crippen LogP contribution < -0.4 is 10.1 Å². The molecule has 0 saturated heterocycles. The average Bonchev–Trinajstić information content (AvgIpc) is 3.08. The third-order valence-corrected chi connectivity index (χ3v) is 4.58. The van der Waals surface area contributed by atoms with Crippen LogP contribution in [0.3, 0.4) is 0 Å². The Morgan fingerprint density at radius 1 is 1.23 bits per heavy atom. The highest BCUT2D eigenvalue weighted by atomic mass is 16.5. The zero-order chi connectivity index (χ0) is 18.5. The van der Waals surface area contributed by atoms with E-state index in [2.05, 4.69) is 27.9 Å². The van der Waals surface area contributed by atoms with Crippen molar-refractivity contribution in [3.05, 3.63) is 54.4 Å². The second-order valence-corrected chi connectivity index (χ2v) is 6.47. The van der Waals surface area contributed by atoms with E-state index in [9.17, 15) is 10.2 Å². The van der Waals surface area contributed by atoms with Gasteiger partial charge in [0.25, 0.3) is 0 Å². The number of hydrogen-bond acceptors (Lipinski definition) is 5. The maximum Gasteiger partial charge on any atom is 0.160 e. The number of nitrogens with zero attached hydrogens (tertiary/aromatic N) is 2. The summed E-state index contributed by atoms with van der Waals surface area (Å²) < 4.78 is 7.23. The number of para-hydroxylation sites is 2. The van der Waals surface area contributed by atoms with Crippen LogP contribution in [0.4, 0.5) is 0 Å². The molecule has 6 heteroatoms. The van der Waals surface area contributed by atoms with Gasteiger partial charge in [0, 0.05) is 19.1 Å². The fourth-order valence-electron chi connectivity index (χ4n) is 2.96. The van der Waals surface area contributed by atoms with E-state index < -0.39 is 6.10 Å². The molecule has 0 aliphatic heterocycles. The Balaban J connectivity index is 1.51. The number of phenolic OH excluding ortho intramolecular Hbond substituents is 1. The number of imidazole rings is 1. The first-order valence-corrected chi connectivity index (χ1v) is 8.76. The Hall–Kier alpha value is -2.57. The molecule has 0 saturated carbocycles. The van der Waals surface area contributed by atoms with E-state index in [1.165, 1.54) is 13.2 Å². The SMILES string of the molecule is COc1cc([C@H](O)CN[C@H](C)CCn2cnc3ccccc32)ccc1O. The predicted octanol–water partition coefficient (Wildman–Crippen LogP) is 2.85. The fraction of sp³-hybridized carbons (Fsp3) is 0.350. The molecule has 0 radical (unpaired) electrons. The molecule has 1 heterocycles. The summed E-state index contributed by atoms with van der Waals surface area (Å²) in [5.41, 5.74) is 2.85. The molecular weight excluding hydrogens is 330 g/mol. The van der Waals surface area contributed by atoms with Crippen molar-refractivity contribution in [1.29, 1.82) is 0 Å². The standard InChI is InChI=1S/C20H25N3O3/c1-14(9-10-23-13-22-16-5-3-4-6-17(16)23)21-12-19(25)15-7-8-18(24)20(11-15)26-2/h3-8,11,13-14,19,21,24-25H,9-10,12H2,1-2H3/t14-,19-/m1/s1. The van der Waals surface area contributed by atoms with Crippen molar-refractivity contribution < 1.29 is 14.9 Å². The van der Waals surface area contributed by atoms with Crippen LogP contribution in [0.25, 0.3) is 11.0 Å². The monoisotopic (exact) mass is 355 g/mol. The summed E-state index contributed by atoms with van der Waals surface area (Å²) in [7, 11) is 1.49. The summed E-state index contributed by atoms with van der Waals surface area (Å²) in [6, 6.07) is 13.2. The molecule has 0 amide bonds. The molecule has 6 nitrogen and oxygen atoms in total. The molecule has 3 aromatic rings. The number of aromatic nitrogens is 2. The summed E-state index contributed by atoms with van der Waals surface area (Å²) in [6.07, 6.45) is 2.13. The number of ether oxygens (including phenoxy) is 1. The number of fused-ring (bicyclic) bond motifs is 1. The Morgan fingerprint density at radius 3 is 2.85 bits per heavy atom. The maximum atomic E-state index is 10.4.